The quantitative estimate of drug-likeness (QED) is 0.400. The summed E-state index contributed by atoms with van der Waals surface area (Å²) in [6.45, 7) is 11.1. The molecule has 0 aromatic rings. The Morgan fingerprint density at radius 3 is 1.44 bits per heavy atom. The van der Waals surface area contributed by atoms with Crippen LogP contribution in [0, 0.1) is 0 Å². The van der Waals surface area contributed by atoms with Gasteiger partial charge in [-0.2, -0.15) is 0 Å². The van der Waals surface area contributed by atoms with Crippen molar-refractivity contribution in [2.75, 3.05) is 19.6 Å². The van der Waals surface area contributed by atoms with Crippen LogP contribution in [0.3, 0.4) is 0 Å². The van der Waals surface area contributed by atoms with Crippen LogP contribution in [0.5, 0.6) is 0 Å². The van der Waals surface area contributed by atoms with Crippen LogP contribution in [0.15, 0.2) is 0 Å². The molecule has 0 aliphatic rings. The SMILES string of the molecule is CCCCCC[NH+](CCCC)CCCC.[I-]. The number of rotatable bonds is 11. The first kappa shape index (κ1) is 19.0. The monoisotopic (exact) mass is 341 g/mol. The lowest BCUT2D eigenvalue weighted by Crippen LogP contribution is -3.12. The van der Waals surface area contributed by atoms with Gasteiger partial charge < -0.3 is 28.9 Å². The van der Waals surface area contributed by atoms with Gasteiger partial charge in [0.1, 0.15) is 0 Å². The van der Waals surface area contributed by atoms with Crippen LogP contribution in [-0.4, -0.2) is 19.6 Å². The molecule has 0 aromatic heterocycles. The molecule has 0 aliphatic heterocycles. The van der Waals surface area contributed by atoms with Gasteiger partial charge in [0, 0.05) is 0 Å². The lowest BCUT2D eigenvalue weighted by molar-refractivity contribution is -0.900. The predicted molar refractivity (Wildman–Crippen MR) is 69.5 cm³/mol. The minimum atomic E-state index is 0. The summed E-state index contributed by atoms with van der Waals surface area (Å²) in [6.07, 6.45) is 11.2. The van der Waals surface area contributed by atoms with Crippen molar-refractivity contribution >= 4 is 0 Å². The summed E-state index contributed by atoms with van der Waals surface area (Å²) in [5.74, 6) is 0. The zero-order chi connectivity index (χ0) is 11.4. The summed E-state index contributed by atoms with van der Waals surface area (Å²) in [4.78, 5) is 1.86. The fourth-order valence-electron chi connectivity index (χ4n) is 2.03. The lowest BCUT2D eigenvalue weighted by Gasteiger charge is -2.19. The molecular formula is C14H32IN. The summed E-state index contributed by atoms with van der Waals surface area (Å²) in [5, 5.41) is 0. The molecular weight excluding hydrogens is 309 g/mol. The Balaban J connectivity index is 0. The molecule has 0 spiro atoms. The third-order valence-electron chi connectivity index (χ3n) is 3.15. The maximum atomic E-state index is 2.30. The summed E-state index contributed by atoms with van der Waals surface area (Å²) in [7, 11) is 0. The standard InChI is InChI=1S/C14H31N.HI/c1-4-7-10-11-14-15(12-8-5-2)13-9-6-3;/h4-14H2,1-3H3;1H. The molecule has 0 heterocycles. The Morgan fingerprint density at radius 2 is 1.00 bits per heavy atom. The largest absolute Gasteiger partial charge is 1.00 e. The van der Waals surface area contributed by atoms with Crippen molar-refractivity contribution in [2.45, 2.75) is 72.1 Å². The van der Waals surface area contributed by atoms with E-state index in [1.807, 2.05) is 4.90 Å². The minimum absolute atomic E-state index is 0. The van der Waals surface area contributed by atoms with Crippen LogP contribution in [-0.2, 0) is 0 Å². The van der Waals surface area contributed by atoms with Crippen molar-refractivity contribution in [1.29, 1.82) is 0 Å². The number of hydrogen-bond acceptors (Lipinski definition) is 0. The normalized spacial score (nSPS) is 10.5. The predicted octanol–water partition coefficient (Wildman–Crippen LogP) is 0.0558. The van der Waals surface area contributed by atoms with Gasteiger partial charge in [-0.25, -0.2) is 0 Å². The highest BCUT2D eigenvalue weighted by Crippen LogP contribution is 1.96. The second kappa shape index (κ2) is 15.7. The van der Waals surface area contributed by atoms with Gasteiger partial charge in [0.15, 0.2) is 0 Å². The Hall–Kier alpha value is 0.690. The van der Waals surface area contributed by atoms with E-state index in [0.29, 0.717) is 0 Å². The third-order valence-corrected chi connectivity index (χ3v) is 3.15. The molecule has 1 N–H and O–H groups in total. The first-order valence-electron chi connectivity index (χ1n) is 7.18. The molecule has 0 bridgehead atoms. The van der Waals surface area contributed by atoms with Crippen molar-refractivity contribution in [2.24, 2.45) is 0 Å². The summed E-state index contributed by atoms with van der Waals surface area (Å²) >= 11 is 0. The van der Waals surface area contributed by atoms with E-state index in [4.69, 9.17) is 0 Å². The maximum absolute atomic E-state index is 2.30. The van der Waals surface area contributed by atoms with Gasteiger partial charge in [0.2, 0.25) is 0 Å². The van der Waals surface area contributed by atoms with E-state index in [2.05, 4.69) is 20.8 Å². The molecule has 0 amide bonds. The molecule has 0 saturated heterocycles. The average Bonchev–Trinajstić information content (AvgIpc) is 2.27. The van der Waals surface area contributed by atoms with Gasteiger partial charge in [-0.1, -0.05) is 46.5 Å². The molecule has 0 rings (SSSR count). The first-order valence-corrected chi connectivity index (χ1v) is 7.18. The van der Waals surface area contributed by atoms with E-state index in [0.717, 1.165) is 0 Å². The number of halogens is 1. The second-order valence-corrected chi connectivity index (χ2v) is 4.77. The molecule has 100 valence electrons. The third kappa shape index (κ3) is 12.8. The van der Waals surface area contributed by atoms with Crippen molar-refractivity contribution in [3.05, 3.63) is 0 Å². The molecule has 0 aliphatic carbocycles. The molecule has 0 aromatic carbocycles. The van der Waals surface area contributed by atoms with Crippen LogP contribution in [0.2, 0.25) is 0 Å². The highest BCUT2D eigenvalue weighted by atomic mass is 127. The highest BCUT2D eigenvalue weighted by Gasteiger charge is 2.06. The number of hydrogen-bond donors (Lipinski definition) is 1. The fraction of sp³-hybridized carbons (Fsp3) is 1.00. The van der Waals surface area contributed by atoms with Crippen LogP contribution < -0.4 is 28.9 Å². The zero-order valence-electron chi connectivity index (χ0n) is 11.7. The number of quaternary nitrogens is 1. The summed E-state index contributed by atoms with van der Waals surface area (Å²) in [5.41, 5.74) is 0. The van der Waals surface area contributed by atoms with Crippen LogP contribution in [0.1, 0.15) is 72.1 Å². The highest BCUT2D eigenvalue weighted by molar-refractivity contribution is 4.40. The molecule has 0 unspecified atom stereocenters. The Bertz CT molecular complexity index is 109. The van der Waals surface area contributed by atoms with Gasteiger partial charge in [-0.15, -0.1) is 0 Å². The van der Waals surface area contributed by atoms with E-state index in [-0.39, 0.29) is 24.0 Å². The van der Waals surface area contributed by atoms with Crippen LogP contribution >= 0.6 is 0 Å². The number of nitrogens with one attached hydrogen (secondary N) is 1. The summed E-state index contributed by atoms with van der Waals surface area (Å²) in [6, 6.07) is 0. The van der Waals surface area contributed by atoms with Crippen molar-refractivity contribution < 1.29 is 28.9 Å². The molecule has 16 heavy (non-hydrogen) atoms. The fourth-order valence-corrected chi connectivity index (χ4v) is 2.03. The van der Waals surface area contributed by atoms with E-state index < -0.39 is 0 Å². The van der Waals surface area contributed by atoms with Gasteiger partial charge in [-0.05, 0) is 25.7 Å². The molecule has 0 radical (unpaired) electrons. The van der Waals surface area contributed by atoms with Crippen LogP contribution in [0.4, 0.5) is 0 Å². The van der Waals surface area contributed by atoms with Gasteiger partial charge in [0.25, 0.3) is 0 Å². The number of unbranched alkanes of at least 4 members (excludes halogenated alkanes) is 5. The zero-order valence-corrected chi connectivity index (χ0v) is 13.8. The molecule has 0 atom stereocenters. The molecule has 1 nitrogen and oxygen atoms in total. The van der Waals surface area contributed by atoms with E-state index in [1.165, 1.54) is 71.0 Å². The maximum Gasteiger partial charge on any atom is 0.0770 e. The topological polar surface area (TPSA) is 4.44 Å². The van der Waals surface area contributed by atoms with Crippen molar-refractivity contribution in [3.8, 4) is 0 Å². The Labute approximate surface area is 120 Å². The van der Waals surface area contributed by atoms with E-state index in [1.54, 1.807) is 0 Å². The second-order valence-electron chi connectivity index (χ2n) is 4.77. The summed E-state index contributed by atoms with van der Waals surface area (Å²) < 4.78 is 0. The molecule has 0 saturated carbocycles. The van der Waals surface area contributed by atoms with Gasteiger partial charge in [0.05, 0.1) is 19.6 Å². The van der Waals surface area contributed by atoms with Crippen molar-refractivity contribution in [3.63, 3.8) is 0 Å². The Kier molecular flexibility index (Phi) is 18.7. The smallest absolute Gasteiger partial charge is 0.0770 e. The lowest BCUT2D eigenvalue weighted by atomic mass is 10.2. The van der Waals surface area contributed by atoms with Crippen LogP contribution in [0.25, 0.3) is 0 Å². The van der Waals surface area contributed by atoms with E-state index >= 15 is 0 Å². The van der Waals surface area contributed by atoms with Gasteiger partial charge in [-0.3, -0.25) is 0 Å². The molecule has 0 fully saturated rings. The minimum Gasteiger partial charge on any atom is -1.00 e. The first-order chi connectivity index (χ1) is 7.35. The van der Waals surface area contributed by atoms with Crippen molar-refractivity contribution in [1.82, 2.24) is 0 Å². The van der Waals surface area contributed by atoms with E-state index in [9.17, 15) is 0 Å². The average molecular weight is 341 g/mol. The van der Waals surface area contributed by atoms with Gasteiger partial charge >= 0.3 is 0 Å². The molecule has 2 heteroatoms. The Morgan fingerprint density at radius 1 is 0.562 bits per heavy atom.